The number of amides is 1. The highest BCUT2D eigenvalue weighted by atomic mass is 16.5. The SMILES string of the molecule is NCC#Cc1cccc(CN2CCOCC2=O)c1. The van der Waals surface area contributed by atoms with E-state index in [-0.39, 0.29) is 12.5 Å². The van der Waals surface area contributed by atoms with Gasteiger partial charge in [-0.3, -0.25) is 4.79 Å². The highest BCUT2D eigenvalue weighted by Crippen LogP contribution is 2.10. The molecule has 1 amide bonds. The van der Waals surface area contributed by atoms with Crippen molar-refractivity contribution in [1.29, 1.82) is 0 Å². The van der Waals surface area contributed by atoms with Crippen LogP contribution in [-0.4, -0.2) is 37.1 Å². The van der Waals surface area contributed by atoms with Gasteiger partial charge in [-0.25, -0.2) is 0 Å². The molecule has 2 rings (SSSR count). The fourth-order valence-corrected chi connectivity index (χ4v) is 1.84. The molecule has 18 heavy (non-hydrogen) atoms. The van der Waals surface area contributed by atoms with Crippen molar-refractivity contribution in [2.75, 3.05) is 26.3 Å². The van der Waals surface area contributed by atoms with Crippen LogP contribution < -0.4 is 5.73 Å². The third-order valence-electron chi connectivity index (χ3n) is 2.72. The van der Waals surface area contributed by atoms with Crippen molar-refractivity contribution < 1.29 is 9.53 Å². The molecule has 94 valence electrons. The second-order valence-electron chi connectivity index (χ2n) is 4.07. The van der Waals surface area contributed by atoms with Crippen molar-refractivity contribution >= 4 is 5.91 Å². The van der Waals surface area contributed by atoms with Crippen molar-refractivity contribution in [3.05, 3.63) is 35.4 Å². The first-order valence-electron chi connectivity index (χ1n) is 5.93. The van der Waals surface area contributed by atoms with Crippen molar-refractivity contribution in [1.82, 2.24) is 4.90 Å². The summed E-state index contributed by atoms with van der Waals surface area (Å²) in [7, 11) is 0. The van der Waals surface area contributed by atoms with Crippen LogP contribution in [-0.2, 0) is 16.1 Å². The maximum absolute atomic E-state index is 11.6. The quantitative estimate of drug-likeness (QED) is 0.764. The van der Waals surface area contributed by atoms with E-state index in [4.69, 9.17) is 10.5 Å². The van der Waals surface area contributed by atoms with E-state index in [1.54, 1.807) is 4.90 Å². The minimum atomic E-state index is 0.0414. The van der Waals surface area contributed by atoms with E-state index in [1.165, 1.54) is 0 Å². The van der Waals surface area contributed by atoms with Gasteiger partial charge in [-0.1, -0.05) is 24.0 Å². The maximum atomic E-state index is 11.6. The molecule has 1 saturated heterocycles. The normalized spacial score (nSPS) is 15.2. The molecule has 0 unspecified atom stereocenters. The lowest BCUT2D eigenvalue weighted by Gasteiger charge is -2.26. The van der Waals surface area contributed by atoms with E-state index < -0.39 is 0 Å². The van der Waals surface area contributed by atoms with Gasteiger partial charge in [0.15, 0.2) is 0 Å². The van der Waals surface area contributed by atoms with Crippen LogP contribution in [0.3, 0.4) is 0 Å². The van der Waals surface area contributed by atoms with Gasteiger partial charge in [0.2, 0.25) is 5.91 Å². The average molecular weight is 244 g/mol. The zero-order chi connectivity index (χ0) is 12.8. The Morgan fingerprint density at radius 2 is 2.33 bits per heavy atom. The summed E-state index contributed by atoms with van der Waals surface area (Å²) in [6.07, 6.45) is 0. The van der Waals surface area contributed by atoms with Crippen molar-refractivity contribution in [2.24, 2.45) is 5.73 Å². The molecule has 1 heterocycles. The first kappa shape index (κ1) is 12.6. The summed E-state index contributed by atoms with van der Waals surface area (Å²) < 4.78 is 5.10. The third kappa shape index (κ3) is 3.33. The van der Waals surface area contributed by atoms with Gasteiger partial charge in [0, 0.05) is 18.7 Å². The highest BCUT2D eigenvalue weighted by molar-refractivity contribution is 5.78. The zero-order valence-corrected chi connectivity index (χ0v) is 10.2. The van der Waals surface area contributed by atoms with Gasteiger partial charge in [0.05, 0.1) is 13.2 Å². The first-order valence-corrected chi connectivity index (χ1v) is 5.93. The zero-order valence-electron chi connectivity index (χ0n) is 10.2. The summed E-state index contributed by atoms with van der Waals surface area (Å²) in [6.45, 7) is 2.41. The second-order valence-corrected chi connectivity index (χ2v) is 4.07. The predicted octanol–water partition coefficient (Wildman–Crippen LogP) is 0.356. The molecule has 0 aliphatic carbocycles. The van der Waals surface area contributed by atoms with Gasteiger partial charge in [-0.05, 0) is 17.7 Å². The number of nitrogens with two attached hydrogens (primary N) is 1. The lowest BCUT2D eigenvalue weighted by molar-refractivity contribution is -0.143. The molecule has 0 spiro atoms. The Hall–Kier alpha value is -1.83. The molecule has 1 fully saturated rings. The second kappa shape index (κ2) is 6.20. The molecule has 1 aromatic rings. The summed E-state index contributed by atoms with van der Waals surface area (Å²) in [5.41, 5.74) is 7.35. The van der Waals surface area contributed by atoms with Gasteiger partial charge in [0.25, 0.3) is 0 Å². The first-order chi connectivity index (χ1) is 8.79. The number of carbonyl (C=O) groups is 1. The average Bonchev–Trinajstić information content (AvgIpc) is 2.40. The number of ether oxygens (including phenoxy) is 1. The predicted molar refractivity (Wildman–Crippen MR) is 68.6 cm³/mol. The van der Waals surface area contributed by atoms with E-state index in [0.717, 1.165) is 11.1 Å². The summed E-state index contributed by atoms with van der Waals surface area (Å²) >= 11 is 0. The summed E-state index contributed by atoms with van der Waals surface area (Å²) in [6, 6.07) is 7.87. The largest absolute Gasteiger partial charge is 0.370 e. The molecule has 4 heteroatoms. The van der Waals surface area contributed by atoms with Crippen LogP contribution in [0.1, 0.15) is 11.1 Å². The molecule has 0 aromatic heterocycles. The smallest absolute Gasteiger partial charge is 0.248 e. The van der Waals surface area contributed by atoms with Crippen LogP contribution in [0.4, 0.5) is 0 Å². The number of morpholine rings is 1. The molecule has 1 aromatic carbocycles. The highest BCUT2D eigenvalue weighted by Gasteiger charge is 2.18. The van der Waals surface area contributed by atoms with Crippen molar-refractivity contribution in [2.45, 2.75) is 6.54 Å². The van der Waals surface area contributed by atoms with Crippen LogP contribution in [0.5, 0.6) is 0 Å². The van der Waals surface area contributed by atoms with E-state index in [9.17, 15) is 4.79 Å². The van der Waals surface area contributed by atoms with E-state index in [2.05, 4.69) is 11.8 Å². The number of benzene rings is 1. The minimum absolute atomic E-state index is 0.0414. The third-order valence-corrected chi connectivity index (χ3v) is 2.72. The molecule has 1 aliphatic rings. The van der Waals surface area contributed by atoms with Gasteiger partial charge in [-0.15, -0.1) is 0 Å². The number of hydrogen-bond acceptors (Lipinski definition) is 3. The van der Waals surface area contributed by atoms with Gasteiger partial charge >= 0.3 is 0 Å². The number of carbonyl (C=O) groups excluding carboxylic acids is 1. The van der Waals surface area contributed by atoms with Crippen LogP contribution >= 0.6 is 0 Å². The Bertz CT molecular complexity index is 488. The lowest BCUT2D eigenvalue weighted by atomic mass is 10.1. The monoisotopic (exact) mass is 244 g/mol. The van der Waals surface area contributed by atoms with Crippen molar-refractivity contribution in [3.8, 4) is 11.8 Å². The van der Waals surface area contributed by atoms with Gasteiger partial charge in [-0.2, -0.15) is 0 Å². The molecule has 0 bridgehead atoms. The molecular formula is C14H16N2O2. The van der Waals surface area contributed by atoms with Crippen molar-refractivity contribution in [3.63, 3.8) is 0 Å². The summed E-state index contributed by atoms with van der Waals surface area (Å²) in [5, 5.41) is 0. The van der Waals surface area contributed by atoms with Crippen LogP contribution in [0.25, 0.3) is 0 Å². The number of nitrogens with zero attached hydrogens (tertiary/aromatic N) is 1. The maximum Gasteiger partial charge on any atom is 0.248 e. The Morgan fingerprint density at radius 1 is 1.44 bits per heavy atom. The van der Waals surface area contributed by atoms with E-state index >= 15 is 0 Å². The van der Waals surface area contributed by atoms with Crippen LogP contribution in [0.15, 0.2) is 24.3 Å². The van der Waals surface area contributed by atoms with Crippen LogP contribution in [0.2, 0.25) is 0 Å². The minimum Gasteiger partial charge on any atom is -0.370 e. The number of rotatable bonds is 2. The van der Waals surface area contributed by atoms with Gasteiger partial charge in [0.1, 0.15) is 6.61 Å². The summed E-state index contributed by atoms with van der Waals surface area (Å²) in [4.78, 5) is 13.4. The molecular weight excluding hydrogens is 228 g/mol. The molecule has 0 saturated carbocycles. The Balaban J connectivity index is 2.06. The fourth-order valence-electron chi connectivity index (χ4n) is 1.84. The fraction of sp³-hybridized carbons (Fsp3) is 0.357. The molecule has 2 N–H and O–H groups in total. The Kier molecular flexibility index (Phi) is 4.35. The standard InChI is InChI=1S/C14H16N2O2/c15-6-2-5-12-3-1-4-13(9-12)10-16-7-8-18-11-14(16)17/h1,3-4,9H,6-8,10-11,15H2. The Labute approximate surface area is 107 Å². The molecule has 0 atom stereocenters. The summed E-state index contributed by atoms with van der Waals surface area (Å²) in [5.74, 6) is 5.85. The van der Waals surface area contributed by atoms with E-state index in [1.807, 2.05) is 24.3 Å². The van der Waals surface area contributed by atoms with Crippen LogP contribution in [0, 0.1) is 11.8 Å². The molecule has 4 nitrogen and oxygen atoms in total. The molecule has 0 radical (unpaired) electrons. The number of hydrogen-bond donors (Lipinski definition) is 1. The Morgan fingerprint density at radius 3 is 3.11 bits per heavy atom. The van der Waals surface area contributed by atoms with E-state index in [0.29, 0.717) is 26.2 Å². The van der Waals surface area contributed by atoms with Gasteiger partial charge < -0.3 is 15.4 Å². The lowest BCUT2D eigenvalue weighted by Crippen LogP contribution is -2.40. The molecule has 1 aliphatic heterocycles. The topological polar surface area (TPSA) is 55.6 Å².